The second-order valence-corrected chi connectivity index (χ2v) is 6.44. The Bertz CT molecular complexity index is 813. The minimum absolute atomic E-state index is 0.110. The molecule has 0 radical (unpaired) electrons. The number of nitrogens with zero attached hydrogens (tertiary/aromatic N) is 5. The summed E-state index contributed by atoms with van der Waals surface area (Å²) in [5.41, 5.74) is 0.442. The van der Waals surface area contributed by atoms with Gasteiger partial charge in [0.1, 0.15) is 12.1 Å². The van der Waals surface area contributed by atoms with Crippen LogP contribution in [0.2, 0.25) is 5.02 Å². The molecule has 3 rings (SSSR count). The molecule has 0 bridgehead atoms. The van der Waals surface area contributed by atoms with Gasteiger partial charge in [0.25, 0.3) is 0 Å². The van der Waals surface area contributed by atoms with Crippen LogP contribution < -0.4 is 10.2 Å². The van der Waals surface area contributed by atoms with Crippen molar-refractivity contribution < 1.29 is 9.31 Å². The first-order valence-electron chi connectivity index (χ1n) is 8.06. The molecule has 138 valence electrons. The van der Waals surface area contributed by atoms with E-state index in [1.165, 1.54) is 24.5 Å². The monoisotopic (exact) mass is 380 g/mol. The van der Waals surface area contributed by atoms with Crippen molar-refractivity contribution in [3.05, 3.63) is 51.0 Å². The molecule has 1 aliphatic rings. The lowest BCUT2D eigenvalue weighted by molar-refractivity contribution is -0.383. The lowest BCUT2D eigenvalue weighted by Gasteiger charge is -2.32. The maximum atomic E-state index is 13.1. The van der Waals surface area contributed by atoms with Crippen LogP contribution >= 0.6 is 11.6 Å². The molecule has 0 atom stereocenters. The van der Waals surface area contributed by atoms with Crippen LogP contribution in [0.1, 0.15) is 5.56 Å². The summed E-state index contributed by atoms with van der Waals surface area (Å²) >= 11 is 6.01. The van der Waals surface area contributed by atoms with Gasteiger partial charge in [-0.25, -0.2) is 14.4 Å². The van der Waals surface area contributed by atoms with Crippen LogP contribution in [-0.4, -0.2) is 53.0 Å². The third-order valence-corrected chi connectivity index (χ3v) is 4.60. The summed E-state index contributed by atoms with van der Waals surface area (Å²) in [4.78, 5) is 23.3. The molecular weight excluding hydrogens is 363 g/mol. The first-order chi connectivity index (χ1) is 12.5. The zero-order valence-corrected chi connectivity index (χ0v) is 14.9. The molecule has 2 aromatic rings. The van der Waals surface area contributed by atoms with E-state index < -0.39 is 10.7 Å². The fraction of sp³-hybridized carbons (Fsp3) is 0.375. The van der Waals surface area contributed by atoms with E-state index in [2.05, 4.69) is 20.2 Å². The van der Waals surface area contributed by atoms with Gasteiger partial charge in [-0.15, -0.1) is 0 Å². The Morgan fingerprint density at radius 3 is 2.69 bits per heavy atom. The minimum atomic E-state index is -0.484. The highest BCUT2D eigenvalue weighted by atomic mass is 35.5. The third kappa shape index (κ3) is 4.00. The van der Waals surface area contributed by atoms with E-state index >= 15 is 0 Å². The van der Waals surface area contributed by atoms with Gasteiger partial charge < -0.3 is 15.1 Å². The summed E-state index contributed by atoms with van der Waals surface area (Å²) in [6.45, 7) is 3.08. The number of halogens is 2. The van der Waals surface area contributed by atoms with E-state index in [4.69, 9.17) is 11.6 Å². The second-order valence-electron chi connectivity index (χ2n) is 6.03. The Balaban J connectivity index is 1.85. The number of hydrogen-bond acceptors (Lipinski definition) is 7. The molecule has 0 spiro atoms. The van der Waals surface area contributed by atoms with Crippen LogP contribution in [0.25, 0.3) is 0 Å². The van der Waals surface area contributed by atoms with E-state index in [-0.39, 0.29) is 23.1 Å². The predicted molar refractivity (Wildman–Crippen MR) is 97.1 cm³/mol. The average molecular weight is 381 g/mol. The first kappa shape index (κ1) is 18.3. The zero-order valence-electron chi connectivity index (χ0n) is 14.2. The lowest BCUT2D eigenvalue weighted by atomic mass is 10.2. The number of aromatic nitrogens is 2. The Kier molecular flexibility index (Phi) is 5.48. The van der Waals surface area contributed by atoms with Gasteiger partial charge in [-0.05, 0) is 24.7 Å². The molecule has 0 aliphatic carbocycles. The highest BCUT2D eigenvalue weighted by molar-refractivity contribution is 6.31. The topological polar surface area (TPSA) is 87.4 Å². The summed E-state index contributed by atoms with van der Waals surface area (Å²) in [7, 11) is 2.01. The quantitative estimate of drug-likeness (QED) is 0.630. The molecule has 0 amide bonds. The van der Waals surface area contributed by atoms with E-state index in [0.717, 1.165) is 13.1 Å². The second kappa shape index (κ2) is 7.79. The molecule has 1 aromatic heterocycles. The van der Waals surface area contributed by atoms with Crippen LogP contribution in [0.3, 0.4) is 0 Å². The van der Waals surface area contributed by atoms with Gasteiger partial charge in [-0.2, -0.15) is 0 Å². The summed E-state index contributed by atoms with van der Waals surface area (Å²) < 4.78 is 13.1. The molecule has 0 saturated carbocycles. The van der Waals surface area contributed by atoms with Gasteiger partial charge in [-0.3, -0.25) is 10.1 Å². The first-order valence-corrected chi connectivity index (χ1v) is 8.44. The van der Waals surface area contributed by atoms with Crippen LogP contribution in [-0.2, 0) is 6.54 Å². The fourth-order valence-electron chi connectivity index (χ4n) is 2.76. The van der Waals surface area contributed by atoms with Crippen molar-refractivity contribution in [3.8, 4) is 0 Å². The fourth-order valence-corrected chi connectivity index (χ4v) is 2.99. The number of hydrogen-bond donors (Lipinski definition) is 1. The maximum absolute atomic E-state index is 13.1. The highest BCUT2D eigenvalue weighted by Gasteiger charge is 2.28. The van der Waals surface area contributed by atoms with Gasteiger partial charge >= 0.3 is 5.69 Å². The van der Waals surface area contributed by atoms with Crippen molar-refractivity contribution in [2.45, 2.75) is 6.54 Å². The Labute approximate surface area is 154 Å². The smallest absolute Gasteiger partial charge is 0.353 e. The molecule has 2 heterocycles. The zero-order chi connectivity index (χ0) is 18.7. The van der Waals surface area contributed by atoms with Crippen molar-refractivity contribution in [1.29, 1.82) is 0 Å². The number of nitro groups is 1. The Morgan fingerprint density at radius 1 is 1.31 bits per heavy atom. The number of anilines is 2. The molecule has 26 heavy (non-hydrogen) atoms. The molecular formula is C16H18ClFN6O2. The number of rotatable bonds is 5. The number of piperazine rings is 1. The highest BCUT2D eigenvalue weighted by Crippen LogP contribution is 2.32. The minimum Gasteiger partial charge on any atom is -0.360 e. The summed E-state index contributed by atoms with van der Waals surface area (Å²) in [5, 5.41) is 14.8. The van der Waals surface area contributed by atoms with Crippen molar-refractivity contribution in [2.75, 3.05) is 43.4 Å². The molecule has 1 fully saturated rings. The van der Waals surface area contributed by atoms with E-state index in [0.29, 0.717) is 24.5 Å². The molecule has 10 heteroatoms. The lowest BCUT2D eigenvalue weighted by Crippen LogP contribution is -2.45. The van der Waals surface area contributed by atoms with Gasteiger partial charge in [0, 0.05) is 37.7 Å². The number of nitrogens with one attached hydrogen (secondary N) is 1. The standard InChI is InChI=1S/C16H18ClFN6O2/c1-22-4-6-23(7-5-22)16-14(24(25)26)15(20-10-21-16)19-9-11-2-3-12(18)8-13(11)17/h2-3,8,10H,4-7,9H2,1H3,(H,19,20,21). The van der Waals surface area contributed by atoms with Crippen LogP contribution in [0.4, 0.5) is 21.7 Å². The molecule has 1 aliphatic heterocycles. The van der Waals surface area contributed by atoms with Crippen LogP contribution in [0.15, 0.2) is 24.5 Å². The van der Waals surface area contributed by atoms with Crippen molar-refractivity contribution >= 4 is 28.9 Å². The van der Waals surface area contributed by atoms with Gasteiger partial charge in [0.05, 0.1) is 4.92 Å². The van der Waals surface area contributed by atoms with Crippen molar-refractivity contribution in [1.82, 2.24) is 14.9 Å². The SMILES string of the molecule is CN1CCN(c2ncnc(NCc3ccc(F)cc3Cl)c2[N+](=O)[O-])CC1. The van der Waals surface area contributed by atoms with Crippen molar-refractivity contribution in [2.24, 2.45) is 0 Å². The average Bonchev–Trinajstić information content (AvgIpc) is 2.61. The van der Waals surface area contributed by atoms with E-state index in [1.807, 2.05) is 11.9 Å². The maximum Gasteiger partial charge on any atom is 0.353 e. The molecule has 0 unspecified atom stereocenters. The number of likely N-dealkylation sites (N-methyl/N-ethyl adjacent to an activating group) is 1. The largest absolute Gasteiger partial charge is 0.360 e. The van der Waals surface area contributed by atoms with E-state index in [9.17, 15) is 14.5 Å². The molecule has 1 N–H and O–H groups in total. The van der Waals surface area contributed by atoms with Gasteiger partial charge in [0.15, 0.2) is 0 Å². The summed E-state index contributed by atoms with van der Waals surface area (Å²) in [5.74, 6) is -0.0331. The molecule has 8 nitrogen and oxygen atoms in total. The summed E-state index contributed by atoms with van der Waals surface area (Å²) in [6, 6.07) is 4.01. The Hall–Kier alpha value is -2.52. The third-order valence-electron chi connectivity index (χ3n) is 4.25. The van der Waals surface area contributed by atoms with Gasteiger partial charge in [0.2, 0.25) is 11.6 Å². The Morgan fingerprint density at radius 2 is 2.04 bits per heavy atom. The van der Waals surface area contributed by atoms with Gasteiger partial charge in [-0.1, -0.05) is 17.7 Å². The van der Waals surface area contributed by atoms with E-state index in [1.54, 1.807) is 0 Å². The molecule has 1 saturated heterocycles. The summed E-state index contributed by atoms with van der Waals surface area (Å²) in [6.07, 6.45) is 1.30. The van der Waals surface area contributed by atoms with Crippen LogP contribution in [0.5, 0.6) is 0 Å². The normalized spacial score (nSPS) is 15.1. The number of benzene rings is 1. The van der Waals surface area contributed by atoms with Crippen LogP contribution in [0, 0.1) is 15.9 Å². The molecule has 1 aromatic carbocycles. The van der Waals surface area contributed by atoms with Crippen molar-refractivity contribution in [3.63, 3.8) is 0 Å². The predicted octanol–water partition coefficient (Wildman–Crippen LogP) is 2.54.